The van der Waals surface area contributed by atoms with E-state index in [1.165, 1.54) is 4.90 Å². The summed E-state index contributed by atoms with van der Waals surface area (Å²) in [5, 5.41) is 16.6. The van der Waals surface area contributed by atoms with Gasteiger partial charge in [0, 0.05) is 12.6 Å². The van der Waals surface area contributed by atoms with Crippen molar-refractivity contribution in [2.45, 2.75) is 75.9 Å². The van der Waals surface area contributed by atoms with Crippen LogP contribution in [0.5, 0.6) is 0 Å². The van der Waals surface area contributed by atoms with Crippen LogP contribution in [0.3, 0.4) is 0 Å². The zero-order valence-corrected chi connectivity index (χ0v) is 22.0. The molecule has 0 aromatic heterocycles. The van der Waals surface area contributed by atoms with E-state index in [0.29, 0.717) is 19.4 Å². The Hall–Kier alpha value is -3.23. The summed E-state index contributed by atoms with van der Waals surface area (Å²) in [5.74, 6) is -2.31. The quantitative estimate of drug-likeness (QED) is 0.447. The Balaban J connectivity index is 1.49. The highest BCUT2D eigenvalue weighted by Gasteiger charge is 2.75. The van der Waals surface area contributed by atoms with E-state index in [2.05, 4.69) is 17.6 Å². The normalized spacial score (nSPS) is 29.1. The lowest BCUT2D eigenvalue weighted by molar-refractivity contribution is -0.146. The van der Waals surface area contributed by atoms with Crippen LogP contribution in [-0.2, 0) is 25.7 Å². The Bertz CT molecular complexity index is 1160. The van der Waals surface area contributed by atoms with Gasteiger partial charge in [-0.2, -0.15) is 0 Å². The fourth-order valence-electron chi connectivity index (χ4n) is 6.79. The van der Waals surface area contributed by atoms with Gasteiger partial charge in [-0.05, 0) is 37.3 Å². The van der Waals surface area contributed by atoms with Crippen molar-refractivity contribution in [1.29, 1.82) is 0 Å². The van der Waals surface area contributed by atoms with Crippen LogP contribution in [0.2, 0.25) is 0 Å². The van der Waals surface area contributed by atoms with Crippen LogP contribution in [0.4, 0.5) is 0 Å². The predicted molar refractivity (Wildman–Crippen MR) is 142 cm³/mol. The smallest absolute Gasteiger partial charge is 0.246 e. The summed E-state index contributed by atoms with van der Waals surface area (Å²) >= 11 is 0. The average Bonchev–Trinajstić information content (AvgIpc) is 3.57. The number of likely N-dealkylation sites (tertiary alicyclic amines) is 1. The second kappa shape index (κ2) is 10.9. The van der Waals surface area contributed by atoms with Crippen molar-refractivity contribution >= 4 is 17.7 Å². The van der Waals surface area contributed by atoms with Gasteiger partial charge in [0.05, 0.1) is 30.6 Å². The third-order valence-electron chi connectivity index (χ3n) is 8.40. The lowest BCUT2D eigenvalue weighted by Gasteiger charge is -2.37. The molecule has 1 spiro atoms. The lowest BCUT2D eigenvalue weighted by atomic mass is 9.70. The number of carbonyl (C=O) groups is 3. The second-order valence-corrected chi connectivity index (χ2v) is 10.8. The summed E-state index contributed by atoms with van der Waals surface area (Å²) < 4.78 is 6.51. The molecule has 0 saturated carbocycles. The Morgan fingerprint density at radius 2 is 1.79 bits per heavy atom. The Kier molecular flexibility index (Phi) is 7.54. The molecular weight excluding hydrogens is 482 g/mol. The maximum absolute atomic E-state index is 14.2. The van der Waals surface area contributed by atoms with Crippen LogP contribution in [-0.4, -0.2) is 58.1 Å². The number of amides is 3. The van der Waals surface area contributed by atoms with Crippen molar-refractivity contribution in [3.05, 3.63) is 71.8 Å². The average molecular weight is 520 g/mol. The van der Waals surface area contributed by atoms with Gasteiger partial charge >= 0.3 is 0 Å². The monoisotopic (exact) mass is 519 g/mol. The van der Waals surface area contributed by atoms with Crippen LogP contribution < -0.4 is 10.6 Å². The van der Waals surface area contributed by atoms with E-state index in [-0.39, 0.29) is 30.4 Å². The standard InChI is InChI=1S/C30H37N3O5/c1-3-10-19(2)32-28(36)26-30-16-15-23(38-30)24(27(35)31-17-20-11-6-4-7-12-20)25(30)29(37)33(26)22(18-34)21-13-8-5-9-14-21/h4-9,11-14,19,22-26,34H,3,10,15-18H2,1-2H3,(H,31,35)(H,32,36)/t19?,22-,23-,24+,25+,26?,30?/m1/s1. The molecule has 3 amide bonds. The zero-order valence-electron chi connectivity index (χ0n) is 22.0. The van der Waals surface area contributed by atoms with E-state index in [1.54, 1.807) is 0 Å². The number of fused-ring (bicyclic) bond motifs is 1. The third kappa shape index (κ3) is 4.50. The minimum absolute atomic E-state index is 0.0761. The molecule has 5 rings (SSSR count). The number of nitrogens with zero attached hydrogens (tertiary/aromatic N) is 1. The van der Waals surface area contributed by atoms with Crippen molar-refractivity contribution in [2.24, 2.45) is 11.8 Å². The minimum atomic E-state index is -1.10. The molecule has 0 aliphatic carbocycles. The molecule has 3 unspecified atom stereocenters. The van der Waals surface area contributed by atoms with Crippen molar-refractivity contribution in [2.75, 3.05) is 6.61 Å². The number of hydrogen-bond donors (Lipinski definition) is 3. The number of aliphatic hydroxyl groups is 1. The molecule has 8 heteroatoms. The van der Waals surface area contributed by atoms with Gasteiger partial charge in [0.1, 0.15) is 11.6 Å². The van der Waals surface area contributed by atoms with Gasteiger partial charge in [0.2, 0.25) is 17.7 Å². The number of carbonyl (C=O) groups excluding carboxylic acids is 3. The molecule has 3 saturated heterocycles. The lowest BCUT2D eigenvalue weighted by Crippen LogP contribution is -2.57. The largest absolute Gasteiger partial charge is 0.394 e. The fourth-order valence-corrected chi connectivity index (χ4v) is 6.79. The van der Waals surface area contributed by atoms with E-state index in [4.69, 9.17) is 4.74 Å². The molecular formula is C30H37N3O5. The molecule has 2 bridgehead atoms. The first-order valence-electron chi connectivity index (χ1n) is 13.7. The van der Waals surface area contributed by atoms with Crippen LogP contribution >= 0.6 is 0 Å². The van der Waals surface area contributed by atoms with Gasteiger partial charge in [-0.3, -0.25) is 14.4 Å². The van der Waals surface area contributed by atoms with E-state index >= 15 is 0 Å². The van der Waals surface area contributed by atoms with Gasteiger partial charge in [0.25, 0.3) is 0 Å². The number of aliphatic hydroxyl groups excluding tert-OH is 1. The fraction of sp³-hybridized carbons (Fsp3) is 0.500. The van der Waals surface area contributed by atoms with Crippen molar-refractivity contribution < 1.29 is 24.2 Å². The SMILES string of the molecule is CCCC(C)NC(=O)C1N([C@H](CO)c2ccccc2)C(=O)[C@@H]2[C@@H](C(=O)NCc3ccccc3)[C@H]3CCC12O3. The number of hydrogen-bond acceptors (Lipinski definition) is 5. The Morgan fingerprint density at radius 1 is 1.11 bits per heavy atom. The van der Waals surface area contributed by atoms with Crippen molar-refractivity contribution in [1.82, 2.24) is 15.5 Å². The van der Waals surface area contributed by atoms with Crippen LogP contribution in [0, 0.1) is 11.8 Å². The molecule has 3 heterocycles. The molecule has 2 aromatic carbocycles. The Labute approximate surface area is 223 Å². The molecule has 3 aliphatic heterocycles. The summed E-state index contributed by atoms with van der Waals surface area (Å²) in [4.78, 5) is 43.2. The van der Waals surface area contributed by atoms with Gasteiger partial charge in [-0.1, -0.05) is 74.0 Å². The Morgan fingerprint density at radius 3 is 2.45 bits per heavy atom. The van der Waals surface area contributed by atoms with E-state index in [0.717, 1.165) is 24.0 Å². The van der Waals surface area contributed by atoms with Gasteiger partial charge in [0.15, 0.2) is 0 Å². The van der Waals surface area contributed by atoms with Crippen LogP contribution in [0.1, 0.15) is 56.7 Å². The molecule has 3 N–H and O–H groups in total. The molecule has 38 heavy (non-hydrogen) atoms. The first kappa shape index (κ1) is 26.4. The van der Waals surface area contributed by atoms with E-state index in [1.807, 2.05) is 67.6 Å². The summed E-state index contributed by atoms with van der Waals surface area (Å²) in [7, 11) is 0. The maximum Gasteiger partial charge on any atom is 0.246 e. The molecule has 0 radical (unpaired) electrons. The van der Waals surface area contributed by atoms with Gasteiger partial charge in [-0.25, -0.2) is 0 Å². The number of rotatable bonds is 10. The van der Waals surface area contributed by atoms with Crippen LogP contribution in [0.25, 0.3) is 0 Å². The number of benzene rings is 2. The molecule has 3 aliphatic rings. The predicted octanol–water partition coefficient (Wildman–Crippen LogP) is 2.72. The molecule has 7 atom stereocenters. The van der Waals surface area contributed by atoms with E-state index in [9.17, 15) is 19.5 Å². The number of ether oxygens (including phenoxy) is 1. The second-order valence-electron chi connectivity index (χ2n) is 10.8. The molecule has 8 nitrogen and oxygen atoms in total. The highest BCUT2D eigenvalue weighted by atomic mass is 16.5. The molecule has 3 fully saturated rings. The van der Waals surface area contributed by atoms with Crippen molar-refractivity contribution in [3.63, 3.8) is 0 Å². The maximum atomic E-state index is 14.2. The summed E-state index contributed by atoms with van der Waals surface area (Å²) in [6.07, 6.45) is 2.41. The highest BCUT2D eigenvalue weighted by Crippen LogP contribution is 2.59. The van der Waals surface area contributed by atoms with Crippen molar-refractivity contribution in [3.8, 4) is 0 Å². The van der Waals surface area contributed by atoms with Crippen LogP contribution in [0.15, 0.2) is 60.7 Å². The first-order chi connectivity index (χ1) is 18.4. The molecule has 2 aromatic rings. The number of nitrogens with one attached hydrogen (secondary N) is 2. The summed E-state index contributed by atoms with van der Waals surface area (Å²) in [5.41, 5.74) is 0.596. The summed E-state index contributed by atoms with van der Waals surface area (Å²) in [6.45, 7) is 4.01. The van der Waals surface area contributed by atoms with E-state index < -0.39 is 35.6 Å². The summed E-state index contributed by atoms with van der Waals surface area (Å²) in [6, 6.07) is 17.1. The zero-order chi connectivity index (χ0) is 26.9. The van der Waals surface area contributed by atoms with Gasteiger partial charge < -0.3 is 25.4 Å². The third-order valence-corrected chi connectivity index (χ3v) is 8.40. The molecule has 202 valence electrons. The minimum Gasteiger partial charge on any atom is -0.394 e. The highest BCUT2D eigenvalue weighted by molar-refractivity contribution is 5.99. The van der Waals surface area contributed by atoms with Gasteiger partial charge in [-0.15, -0.1) is 0 Å². The first-order valence-corrected chi connectivity index (χ1v) is 13.7. The topological polar surface area (TPSA) is 108 Å².